The molecule has 3 aromatic rings. The van der Waals surface area contributed by atoms with E-state index < -0.39 is 0 Å². The van der Waals surface area contributed by atoms with Crippen LogP contribution in [0.2, 0.25) is 0 Å². The lowest BCUT2D eigenvalue weighted by Crippen LogP contribution is -1.99. The van der Waals surface area contributed by atoms with Gasteiger partial charge in [-0.1, -0.05) is 24.3 Å². The molecule has 0 aliphatic heterocycles. The summed E-state index contributed by atoms with van der Waals surface area (Å²) >= 11 is 1.30. The van der Waals surface area contributed by atoms with Gasteiger partial charge in [0, 0.05) is 16.8 Å². The van der Waals surface area contributed by atoms with E-state index in [1.807, 2.05) is 36.4 Å². The lowest BCUT2D eigenvalue weighted by molar-refractivity contribution is 0.0606. The predicted molar refractivity (Wildman–Crippen MR) is 89.0 cm³/mol. The number of thiophene rings is 1. The molecular weight excluding hydrogens is 322 g/mol. The van der Waals surface area contributed by atoms with Crippen molar-refractivity contribution in [1.82, 2.24) is 4.98 Å². The number of carbonyl (C=O) groups excluding carboxylic acids is 1. The standard InChI is InChI=1S/C16H13NO3S.ClH/c1-19-16(18)15-8-13(10-21-15)20-9-12-7-6-11-4-2-3-5-14(11)17-12;/h2-8,10H,9H2,1H3;1H. The molecule has 0 fully saturated rings. The van der Waals surface area contributed by atoms with Crippen LogP contribution < -0.4 is 4.74 Å². The molecule has 0 radical (unpaired) electrons. The molecule has 0 saturated heterocycles. The summed E-state index contributed by atoms with van der Waals surface area (Å²) in [4.78, 5) is 16.4. The first-order chi connectivity index (χ1) is 10.3. The van der Waals surface area contributed by atoms with Crippen LogP contribution in [0.3, 0.4) is 0 Å². The fourth-order valence-corrected chi connectivity index (χ4v) is 2.69. The minimum atomic E-state index is -0.348. The Labute approximate surface area is 138 Å². The second-order valence-corrected chi connectivity index (χ2v) is 5.33. The Morgan fingerprint density at radius 3 is 2.86 bits per heavy atom. The maximum atomic E-state index is 11.4. The predicted octanol–water partition coefficient (Wildman–Crippen LogP) is 4.08. The van der Waals surface area contributed by atoms with Gasteiger partial charge >= 0.3 is 5.97 Å². The van der Waals surface area contributed by atoms with Crippen LogP contribution in [0, 0.1) is 0 Å². The van der Waals surface area contributed by atoms with Gasteiger partial charge in [-0.05, 0) is 12.1 Å². The lowest BCUT2D eigenvalue weighted by atomic mass is 10.2. The fourth-order valence-electron chi connectivity index (χ4n) is 1.95. The molecule has 0 saturated carbocycles. The Balaban J connectivity index is 0.00000176. The van der Waals surface area contributed by atoms with Crippen LogP contribution in [0.4, 0.5) is 0 Å². The number of hydrogen-bond acceptors (Lipinski definition) is 5. The highest BCUT2D eigenvalue weighted by molar-refractivity contribution is 7.12. The molecule has 1 aromatic carbocycles. The Bertz CT molecular complexity index is 788. The molecular formula is C16H14ClNO3S. The largest absolute Gasteiger partial charge is 0.486 e. The van der Waals surface area contributed by atoms with E-state index in [1.165, 1.54) is 18.4 Å². The maximum Gasteiger partial charge on any atom is 0.348 e. The third-order valence-electron chi connectivity index (χ3n) is 3.00. The van der Waals surface area contributed by atoms with Crippen LogP contribution in [-0.2, 0) is 11.3 Å². The number of esters is 1. The van der Waals surface area contributed by atoms with Crippen LogP contribution in [-0.4, -0.2) is 18.1 Å². The SMILES string of the molecule is COC(=O)c1cc(OCc2ccc3ccccc3n2)cs1.Cl. The average Bonchev–Trinajstić information content (AvgIpc) is 3.01. The van der Waals surface area contributed by atoms with E-state index in [0.717, 1.165) is 16.6 Å². The third-order valence-corrected chi connectivity index (χ3v) is 3.89. The number of para-hydroxylation sites is 1. The number of ether oxygens (including phenoxy) is 2. The summed E-state index contributed by atoms with van der Waals surface area (Å²) in [6.45, 7) is 0.363. The van der Waals surface area contributed by atoms with Crippen molar-refractivity contribution < 1.29 is 14.3 Å². The van der Waals surface area contributed by atoms with Crippen LogP contribution in [0.15, 0.2) is 47.8 Å². The van der Waals surface area contributed by atoms with Gasteiger partial charge in [0.2, 0.25) is 0 Å². The minimum Gasteiger partial charge on any atom is -0.486 e. The summed E-state index contributed by atoms with van der Waals surface area (Å²) in [7, 11) is 1.36. The molecule has 0 unspecified atom stereocenters. The number of halogens is 1. The molecule has 3 rings (SSSR count). The number of pyridine rings is 1. The maximum absolute atomic E-state index is 11.4. The molecule has 6 heteroatoms. The van der Waals surface area contributed by atoms with Gasteiger partial charge in [-0.15, -0.1) is 23.7 Å². The molecule has 4 nitrogen and oxygen atoms in total. The van der Waals surface area contributed by atoms with Gasteiger partial charge in [-0.25, -0.2) is 9.78 Å². The molecule has 0 aliphatic rings. The van der Waals surface area contributed by atoms with Crippen molar-refractivity contribution in [2.45, 2.75) is 6.61 Å². The van der Waals surface area contributed by atoms with Crippen molar-refractivity contribution >= 4 is 40.6 Å². The van der Waals surface area contributed by atoms with Crippen molar-refractivity contribution in [3.8, 4) is 5.75 Å². The normalized spacial score (nSPS) is 10.0. The van der Waals surface area contributed by atoms with Gasteiger partial charge in [0.15, 0.2) is 0 Å². The molecule has 0 amide bonds. The van der Waals surface area contributed by atoms with E-state index >= 15 is 0 Å². The summed E-state index contributed by atoms with van der Waals surface area (Å²) < 4.78 is 10.3. The lowest BCUT2D eigenvalue weighted by Gasteiger charge is -2.04. The summed E-state index contributed by atoms with van der Waals surface area (Å²) in [6.07, 6.45) is 0. The molecule has 0 atom stereocenters. The highest BCUT2D eigenvalue weighted by Gasteiger charge is 2.09. The Hall–Kier alpha value is -2.11. The highest BCUT2D eigenvalue weighted by atomic mass is 35.5. The van der Waals surface area contributed by atoms with E-state index in [2.05, 4.69) is 9.72 Å². The summed E-state index contributed by atoms with van der Waals surface area (Å²) in [5.74, 6) is 0.300. The second-order valence-electron chi connectivity index (χ2n) is 4.42. The molecule has 114 valence electrons. The summed E-state index contributed by atoms with van der Waals surface area (Å²) in [5, 5.41) is 2.89. The molecule has 22 heavy (non-hydrogen) atoms. The first-order valence-corrected chi connectivity index (χ1v) is 7.28. The van der Waals surface area contributed by atoms with E-state index in [0.29, 0.717) is 17.2 Å². The molecule has 0 aliphatic carbocycles. The van der Waals surface area contributed by atoms with Crippen molar-refractivity contribution in [1.29, 1.82) is 0 Å². The number of fused-ring (bicyclic) bond motifs is 1. The summed E-state index contributed by atoms with van der Waals surface area (Å²) in [6, 6.07) is 13.6. The van der Waals surface area contributed by atoms with Crippen LogP contribution in [0.5, 0.6) is 5.75 Å². The van der Waals surface area contributed by atoms with E-state index in [4.69, 9.17) is 4.74 Å². The zero-order valence-electron chi connectivity index (χ0n) is 11.8. The van der Waals surface area contributed by atoms with Gasteiger partial charge in [0.25, 0.3) is 0 Å². The second kappa shape index (κ2) is 7.24. The minimum absolute atomic E-state index is 0. The summed E-state index contributed by atoms with van der Waals surface area (Å²) in [5.41, 5.74) is 1.79. The number of carbonyl (C=O) groups is 1. The van der Waals surface area contributed by atoms with Gasteiger partial charge in [-0.3, -0.25) is 0 Å². The van der Waals surface area contributed by atoms with E-state index in [1.54, 1.807) is 11.4 Å². The molecule has 0 bridgehead atoms. The monoisotopic (exact) mass is 335 g/mol. The molecule has 0 N–H and O–H groups in total. The molecule has 2 aromatic heterocycles. The average molecular weight is 336 g/mol. The van der Waals surface area contributed by atoms with Gasteiger partial charge in [-0.2, -0.15) is 0 Å². The fraction of sp³-hybridized carbons (Fsp3) is 0.125. The number of methoxy groups -OCH3 is 1. The Morgan fingerprint density at radius 1 is 1.23 bits per heavy atom. The number of rotatable bonds is 4. The smallest absolute Gasteiger partial charge is 0.348 e. The van der Waals surface area contributed by atoms with Crippen molar-refractivity contribution in [3.05, 3.63) is 58.4 Å². The number of hydrogen-bond donors (Lipinski definition) is 0. The van der Waals surface area contributed by atoms with Crippen LogP contribution in [0.1, 0.15) is 15.4 Å². The zero-order valence-corrected chi connectivity index (χ0v) is 13.4. The van der Waals surface area contributed by atoms with Gasteiger partial charge < -0.3 is 9.47 Å². The quantitative estimate of drug-likeness (QED) is 0.674. The van der Waals surface area contributed by atoms with Gasteiger partial charge in [0.1, 0.15) is 17.2 Å². The zero-order chi connectivity index (χ0) is 14.7. The highest BCUT2D eigenvalue weighted by Crippen LogP contribution is 2.23. The number of benzene rings is 1. The topological polar surface area (TPSA) is 48.4 Å². The van der Waals surface area contributed by atoms with Crippen molar-refractivity contribution in [3.63, 3.8) is 0 Å². The first kappa shape index (κ1) is 16.3. The van der Waals surface area contributed by atoms with Crippen LogP contribution >= 0.6 is 23.7 Å². The van der Waals surface area contributed by atoms with Gasteiger partial charge in [0.05, 0.1) is 18.3 Å². The van der Waals surface area contributed by atoms with Crippen molar-refractivity contribution in [2.75, 3.05) is 7.11 Å². The molecule has 0 spiro atoms. The Morgan fingerprint density at radius 2 is 2.05 bits per heavy atom. The van der Waals surface area contributed by atoms with E-state index in [9.17, 15) is 4.79 Å². The first-order valence-electron chi connectivity index (χ1n) is 6.40. The number of aromatic nitrogens is 1. The van der Waals surface area contributed by atoms with Crippen LogP contribution in [0.25, 0.3) is 10.9 Å². The number of nitrogens with zero attached hydrogens (tertiary/aromatic N) is 1. The Kier molecular flexibility index (Phi) is 5.35. The van der Waals surface area contributed by atoms with Crippen molar-refractivity contribution in [2.24, 2.45) is 0 Å². The molecule has 2 heterocycles. The third kappa shape index (κ3) is 3.55. The van der Waals surface area contributed by atoms with E-state index in [-0.39, 0.29) is 18.4 Å².